The van der Waals surface area contributed by atoms with Gasteiger partial charge >= 0.3 is 11.9 Å². The third kappa shape index (κ3) is 15.1. The third-order valence-corrected chi connectivity index (χ3v) is 2.88. The van der Waals surface area contributed by atoms with Gasteiger partial charge in [0, 0.05) is 0 Å². The van der Waals surface area contributed by atoms with Gasteiger partial charge in [0.1, 0.15) is 12.1 Å². The van der Waals surface area contributed by atoms with Crippen LogP contribution >= 0.6 is 11.8 Å². The lowest BCUT2D eigenvalue weighted by Gasteiger charge is -2.03. The smallest absolute Gasteiger partial charge is 0.320 e. The minimum atomic E-state index is -0.933. The highest BCUT2D eigenvalue weighted by Gasteiger charge is 2.09. The number of unbranched alkanes of at least 4 members (excludes halogenated alkanes) is 1. The minimum absolute atomic E-state index is 0.520. The van der Waals surface area contributed by atoms with E-state index >= 15 is 0 Å². The summed E-state index contributed by atoms with van der Waals surface area (Å²) >= 11 is 1.60. The lowest BCUT2D eigenvalue weighted by molar-refractivity contribution is -0.139. The molecule has 2 atom stereocenters. The van der Waals surface area contributed by atoms with E-state index in [4.69, 9.17) is 27.4 Å². The van der Waals surface area contributed by atoms with Gasteiger partial charge in [-0.15, -0.1) is 0 Å². The molecule has 1 unspecified atom stereocenters. The number of hydrogen-bond donors (Lipinski definition) is 5. The first-order valence-electron chi connectivity index (χ1n) is 6.02. The average molecular weight is 295 g/mol. The van der Waals surface area contributed by atoms with Crippen molar-refractivity contribution in [3.05, 3.63) is 0 Å². The van der Waals surface area contributed by atoms with Crippen molar-refractivity contribution in [3.8, 4) is 0 Å². The molecule has 0 aromatic heterocycles. The van der Waals surface area contributed by atoms with E-state index in [1.54, 1.807) is 11.8 Å². The predicted molar refractivity (Wildman–Crippen MR) is 77.1 cm³/mol. The Kier molecular flexibility index (Phi) is 14.7. The van der Waals surface area contributed by atoms with Crippen molar-refractivity contribution in [1.82, 2.24) is 0 Å². The van der Waals surface area contributed by atoms with Gasteiger partial charge in [0.05, 0.1) is 0 Å². The van der Waals surface area contributed by atoms with Crippen LogP contribution in [0.15, 0.2) is 0 Å². The van der Waals surface area contributed by atoms with Crippen molar-refractivity contribution < 1.29 is 19.8 Å². The number of thioether (sulfide) groups is 1. The van der Waals surface area contributed by atoms with E-state index in [-0.39, 0.29) is 0 Å². The normalized spacial score (nSPS) is 13.1. The molecule has 0 aromatic rings. The maximum absolute atomic E-state index is 10.1. The van der Waals surface area contributed by atoms with Crippen molar-refractivity contribution in [2.45, 2.75) is 37.8 Å². The van der Waals surface area contributed by atoms with Crippen LogP contribution in [0.4, 0.5) is 0 Å². The Hall–Kier alpha value is -0.830. The standard InChI is InChI=1S/C6H14N2O2.C5H11NO2S/c7-4-2-1-3-5(8)6(9)10;1-9-3-2-4(6)5(7)8/h5H,1-4,7-8H2,(H,9,10);4H,2-3,6H2,1H3,(H,7,8)/t5-;/m0./s1. The third-order valence-electron chi connectivity index (χ3n) is 2.24. The molecule has 0 aliphatic heterocycles. The molecule has 0 aliphatic rings. The second-order valence-corrected chi connectivity index (χ2v) is 4.94. The van der Waals surface area contributed by atoms with Crippen LogP contribution in [0.25, 0.3) is 0 Å². The van der Waals surface area contributed by atoms with E-state index in [1.165, 1.54) is 0 Å². The van der Waals surface area contributed by atoms with E-state index in [0.29, 0.717) is 19.4 Å². The predicted octanol–water partition coefficient (Wildman–Crippen LogP) is -0.321. The minimum Gasteiger partial charge on any atom is -0.480 e. The molecule has 8 N–H and O–H groups in total. The zero-order valence-corrected chi connectivity index (χ0v) is 12.1. The monoisotopic (exact) mass is 295 g/mol. The Bertz CT molecular complexity index is 254. The molecule has 0 amide bonds. The molecule has 0 bridgehead atoms. The summed E-state index contributed by atoms with van der Waals surface area (Å²) in [5.74, 6) is -1.03. The highest BCUT2D eigenvalue weighted by Crippen LogP contribution is 1.98. The fourth-order valence-electron chi connectivity index (χ4n) is 1.00. The van der Waals surface area contributed by atoms with Crippen molar-refractivity contribution in [1.29, 1.82) is 0 Å². The topological polar surface area (TPSA) is 153 Å². The van der Waals surface area contributed by atoms with E-state index < -0.39 is 24.0 Å². The van der Waals surface area contributed by atoms with Crippen molar-refractivity contribution in [3.63, 3.8) is 0 Å². The van der Waals surface area contributed by atoms with Crippen LogP contribution < -0.4 is 17.2 Å². The van der Waals surface area contributed by atoms with Gasteiger partial charge in [-0.25, -0.2) is 0 Å². The maximum atomic E-state index is 10.1. The summed E-state index contributed by atoms with van der Waals surface area (Å²) in [7, 11) is 0. The van der Waals surface area contributed by atoms with Crippen LogP contribution in [0, 0.1) is 0 Å². The van der Waals surface area contributed by atoms with Crippen LogP contribution in [0.1, 0.15) is 25.7 Å². The van der Waals surface area contributed by atoms with Crippen LogP contribution in [-0.2, 0) is 9.59 Å². The Labute approximate surface area is 117 Å². The molecule has 0 rings (SSSR count). The van der Waals surface area contributed by atoms with Gasteiger partial charge in [0.25, 0.3) is 0 Å². The number of nitrogens with two attached hydrogens (primary N) is 3. The Morgan fingerprint density at radius 1 is 1.05 bits per heavy atom. The van der Waals surface area contributed by atoms with Gasteiger partial charge in [-0.3, -0.25) is 9.59 Å². The molecule has 0 aliphatic carbocycles. The van der Waals surface area contributed by atoms with E-state index in [9.17, 15) is 9.59 Å². The first kappa shape index (κ1) is 20.5. The number of carboxylic acid groups (broad SMARTS) is 2. The molecule has 19 heavy (non-hydrogen) atoms. The van der Waals surface area contributed by atoms with Crippen LogP contribution in [0.5, 0.6) is 0 Å². The summed E-state index contributed by atoms with van der Waals surface area (Å²) in [5, 5.41) is 16.6. The van der Waals surface area contributed by atoms with Gasteiger partial charge in [-0.1, -0.05) is 6.42 Å². The van der Waals surface area contributed by atoms with Crippen molar-refractivity contribution >= 4 is 23.7 Å². The number of carboxylic acids is 2. The molecule has 0 heterocycles. The van der Waals surface area contributed by atoms with Crippen molar-refractivity contribution in [2.24, 2.45) is 17.2 Å². The van der Waals surface area contributed by atoms with E-state index in [1.807, 2.05) is 6.26 Å². The second-order valence-electron chi connectivity index (χ2n) is 3.96. The first-order chi connectivity index (χ1) is 8.86. The summed E-state index contributed by atoms with van der Waals surface area (Å²) in [6.45, 7) is 0.604. The molecule has 7 nitrogen and oxygen atoms in total. The number of hydrogen-bond acceptors (Lipinski definition) is 6. The molecule has 0 saturated carbocycles. The molecule has 0 saturated heterocycles. The number of aliphatic carboxylic acids is 2. The highest BCUT2D eigenvalue weighted by atomic mass is 32.2. The molecule has 0 aromatic carbocycles. The summed E-state index contributed by atoms with van der Waals surface area (Å²) < 4.78 is 0. The first-order valence-corrected chi connectivity index (χ1v) is 7.41. The second kappa shape index (κ2) is 13.6. The number of carbonyl (C=O) groups is 2. The maximum Gasteiger partial charge on any atom is 0.320 e. The van der Waals surface area contributed by atoms with E-state index in [2.05, 4.69) is 0 Å². The van der Waals surface area contributed by atoms with Crippen LogP contribution in [0.2, 0.25) is 0 Å². The quantitative estimate of drug-likeness (QED) is 0.363. The fourth-order valence-corrected chi connectivity index (χ4v) is 1.49. The Balaban J connectivity index is 0. The van der Waals surface area contributed by atoms with Gasteiger partial charge in [-0.2, -0.15) is 11.8 Å². The van der Waals surface area contributed by atoms with E-state index in [0.717, 1.165) is 18.6 Å². The van der Waals surface area contributed by atoms with Crippen molar-refractivity contribution in [2.75, 3.05) is 18.6 Å². The molecule has 8 heteroatoms. The van der Waals surface area contributed by atoms with Gasteiger partial charge in [0.2, 0.25) is 0 Å². The van der Waals surface area contributed by atoms with Crippen LogP contribution in [-0.4, -0.2) is 52.8 Å². The zero-order chi connectivity index (χ0) is 15.3. The summed E-state index contributed by atoms with van der Waals surface area (Å²) in [5.41, 5.74) is 15.6. The average Bonchev–Trinajstić information content (AvgIpc) is 2.36. The van der Waals surface area contributed by atoms with Gasteiger partial charge in [0.15, 0.2) is 0 Å². The lowest BCUT2D eigenvalue weighted by atomic mass is 10.1. The molecule has 0 radical (unpaired) electrons. The summed E-state index contributed by atoms with van der Waals surface area (Å²) in [6, 6.07) is -1.40. The fraction of sp³-hybridized carbons (Fsp3) is 0.818. The highest BCUT2D eigenvalue weighted by molar-refractivity contribution is 7.98. The zero-order valence-electron chi connectivity index (χ0n) is 11.2. The molecule has 0 fully saturated rings. The molecular weight excluding hydrogens is 270 g/mol. The number of rotatable bonds is 9. The molecule has 114 valence electrons. The van der Waals surface area contributed by atoms with Gasteiger partial charge < -0.3 is 27.4 Å². The van der Waals surface area contributed by atoms with Gasteiger partial charge in [-0.05, 0) is 37.8 Å². The SMILES string of the molecule is CSCCC(N)C(=O)O.NCCCC[C@H](N)C(=O)O. The lowest BCUT2D eigenvalue weighted by Crippen LogP contribution is -2.30. The summed E-state index contributed by atoms with van der Waals surface area (Å²) in [4.78, 5) is 20.2. The summed E-state index contributed by atoms with van der Waals surface area (Å²) in [6.07, 6.45) is 4.64. The molecule has 0 spiro atoms. The van der Waals surface area contributed by atoms with Crippen LogP contribution in [0.3, 0.4) is 0 Å². The largest absolute Gasteiger partial charge is 0.480 e. The molecular formula is C11H25N3O4S. The Morgan fingerprint density at radius 3 is 1.89 bits per heavy atom. The Morgan fingerprint density at radius 2 is 1.53 bits per heavy atom.